The molecule has 0 saturated heterocycles. The molecule has 2 aromatic rings. The molecule has 0 atom stereocenters. The van der Waals surface area contributed by atoms with Crippen LogP contribution in [0.4, 0.5) is 0 Å². The molecule has 0 aliphatic heterocycles. The number of aryl methyl sites for hydroxylation is 2. The van der Waals surface area contributed by atoms with Crippen LogP contribution in [0.3, 0.4) is 0 Å². The normalized spacial score (nSPS) is 11.3. The smallest absolute Gasteiger partial charge is 0.133 e. The Hall–Kier alpha value is -1.62. The molecule has 0 spiro atoms. The van der Waals surface area contributed by atoms with E-state index >= 15 is 0 Å². The molecule has 0 N–H and O–H groups in total. The number of hydrogen-bond donors (Lipinski definition) is 0. The second-order valence-corrected chi connectivity index (χ2v) is 4.37. The summed E-state index contributed by atoms with van der Waals surface area (Å²) in [6, 6.07) is 1.97. The number of nitrogens with zero attached hydrogens (tertiary/aromatic N) is 4. The Labute approximate surface area is 101 Å². The third-order valence-electron chi connectivity index (χ3n) is 2.75. The van der Waals surface area contributed by atoms with Crippen molar-refractivity contribution in [2.24, 2.45) is 7.05 Å². The van der Waals surface area contributed by atoms with Crippen molar-refractivity contribution in [3.8, 4) is 0 Å². The summed E-state index contributed by atoms with van der Waals surface area (Å²) in [6.45, 7) is 3.67. The SMILES string of the molecule is Cc1cc(CN(C)CCc2nccn2C)no1. The van der Waals surface area contributed by atoms with Crippen LogP contribution in [0.1, 0.15) is 17.3 Å². The first-order valence-electron chi connectivity index (χ1n) is 5.72. The van der Waals surface area contributed by atoms with Crippen molar-refractivity contribution in [3.63, 3.8) is 0 Å². The maximum Gasteiger partial charge on any atom is 0.133 e. The molecule has 0 aliphatic rings. The molecule has 5 nitrogen and oxygen atoms in total. The third kappa shape index (κ3) is 3.17. The number of rotatable bonds is 5. The molecule has 0 fully saturated rings. The molecule has 2 aromatic heterocycles. The zero-order valence-corrected chi connectivity index (χ0v) is 10.6. The molecular weight excluding hydrogens is 216 g/mol. The van der Waals surface area contributed by atoms with Crippen molar-refractivity contribution in [1.29, 1.82) is 0 Å². The van der Waals surface area contributed by atoms with Crippen molar-refractivity contribution in [3.05, 3.63) is 35.7 Å². The van der Waals surface area contributed by atoms with E-state index in [2.05, 4.69) is 22.1 Å². The molecule has 5 heteroatoms. The second kappa shape index (κ2) is 5.14. The lowest BCUT2D eigenvalue weighted by Gasteiger charge is -2.14. The minimum absolute atomic E-state index is 0.807. The van der Waals surface area contributed by atoms with Gasteiger partial charge in [0.25, 0.3) is 0 Å². The second-order valence-electron chi connectivity index (χ2n) is 4.37. The van der Waals surface area contributed by atoms with Crippen molar-refractivity contribution >= 4 is 0 Å². The standard InChI is InChI=1S/C12H18N4O/c1-10-8-11(14-17-10)9-15(2)6-4-12-13-5-7-16(12)3/h5,7-8H,4,6,9H2,1-3H3. The molecule has 0 unspecified atom stereocenters. The first-order chi connectivity index (χ1) is 8.15. The van der Waals surface area contributed by atoms with Gasteiger partial charge >= 0.3 is 0 Å². The summed E-state index contributed by atoms with van der Waals surface area (Å²) in [7, 11) is 4.09. The first-order valence-corrected chi connectivity index (χ1v) is 5.72. The Morgan fingerprint density at radius 1 is 1.47 bits per heavy atom. The monoisotopic (exact) mass is 234 g/mol. The van der Waals surface area contributed by atoms with Crippen LogP contribution >= 0.6 is 0 Å². The highest BCUT2D eigenvalue weighted by Gasteiger charge is 2.06. The molecule has 0 bridgehead atoms. The van der Waals surface area contributed by atoms with Crippen LogP contribution in [-0.2, 0) is 20.0 Å². The highest BCUT2D eigenvalue weighted by atomic mass is 16.5. The highest BCUT2D eigenvalue weighted by Crippen LogP contribution is 2.05. The topological polar surface area (TPSA) is 47.1 Å². The van der Waals surface area contributed by atoms with Crippen LogP contribution in [0, 0.1) is 6.92 Å². The van der Waals surface area contributed by atoms with Gasteiger partial charge in [0.05, 0.1) is 5.69 Å². The average molecular weight is 234 g/mol. The van der Waals surface area contributed by atoms with Gasteiger partial charge in [0.15, 0.2) is 0 Å². The summed E-state index contributed by atoms with van der Waals surface area (Å²) in [4.78, 5) is 6.52. The molecule has 0 radical (unpaired) electrons. The fourth-order valence-electron chi connectivity index (χ4n) is 1.78. The maximum atomic E-state index is 5.04. The zero-order valence-electron chi connectivity index (χ0n) is 10.6. The summed E-state index contributed by atoms with van der Waals surface area (Å²) in [5.74, 6) is 1.96. The number of imidazole rings is 1. The number of likely N-dealkylation sites (N-methyl/N-ethyl adjacent to an activating group) is 1. The Morgan fingerprint density at radius 3 is 2.88 bits per heavy atom. The molecular formula is C12H18N4O. The molecule has 0 aliphatic carbocycles. The van der Waals surface area contributed by atoms with Gasteiger partial charge in [0.1, 0.15) is 11.6 Å². The van der Waals surface area contributed by atoms with Gasteiger partial charge in [-0.3, -0.25) is 4.90 Å². The first kappa shape index (κ1) is 11.9. The van der Waals surface area contributed by atoms with Crippen LogP contribution in [0.2, 0.25) is 0 Å². The quantitative estimate of drug-likeness (QED) is 0.784. The van der Waals surface area contributed by atoms with Gasteiger partial charge in [-0.15, -0.1) is 0 Å². The lowest BCUT2D eigenvalue weighted by molar-refractivity contribution is 0.309. The average Bonchev–Trinajstić information content (AvgIpc) is 2.85. The van der Waals surface area contributed by atoms with E-state index in [4.69, 9.17) is 4.52 Å². The maximum absolute atomic E-state index is 5.04. The summed E-state index contributed by atoms with van der Waals surface area (Å²) in [5.41, 5.74) is 0.977. The minimum atomic E-state index is 0.807. The van der Waals surface area contributed by atoms with Gasteiger partial charge in [-0.25, -0.2) is 4.98 Å². The molecule has 2 heterocycles. The fraction of sp³-hybridized carbons (Fsp3) is 0.500. The largest absolute Gasteiger partial charge is 0.361 e. The predicted molar refractivity (Wildman–Crippen MR) is 64.5 cm³/mol. The third-order valence-corrected chi connectivity index (χ3v) is 2.75. The molecule has 0 amide bonds. The van der Waals surface area contributed by atoms with Gasteiger partial charge in [-0.05, 0) is 14.0 Å². The predicted octanol–water partition coefficient (Wildman–Crippen LogP) is 1.39. The molecule has 92 valence electrons. The Morgan fingerprint density at radius 2 is 2.29 bits per heavy atom. The van der Waals surface area contributed by atoms with Gasteiger partial charge in [-0.1, -0.05) is 5.16 Å². The van der Waals surface area contributed by atoms with Crippen LogP contribution in [0.25, 0.3) is 0 Å². The Bertz CT molecular complexity index is 474. The Balaban J connectivity index is 1.82. The van der Waals surface area contributed by atoms with E-state index in [1.165, 1.54) is 0 Å². The van der Waals surface area contributed by atoms with Crippen molar-refractivity contribution in [2.45, 2.75) is 19.9 Å². The molecule has 0 saturated carbocycles. The Kier molecular flexibility index (Phi) is 3.58. The van der Waals surface area contributed by atoms with E-state index < -0.39 is 0 Å². The van der Waals surface area contributed by atoms with Gasteiger partial charge < -0.3 is 9.09 Å². The summed E-state index contributed by atoms with van der Waals surface area (Å²) < 4.78 is 7.09. The van der Waals surface area contributed by atoms with Crippen LogP contribution in [0.15, 0.2) is 23.0 Å². The number of aromatic nitrogens is 3. The van der Waals surface area contributed by atoms with Crippen LogP contribution in [0.5, 0.6) is 0 Å². The molecule has 17 heavy (non-hydrogen) atoms. The van der Waals surface area contributed by atoms with E-state index in [-0.39, 0.29) is 0 Å². The summed E-state index contributed by atoms with van der Waals surface area (Å²) >= 11 is 0. The zero-order chi connectivity index (χ0) is 12.3. The van der Waals surface area contributed by atoms with Crippen LogP contribution < -0.4 is 0 Å². The number of hydrogen-bond acceptors (Lipinski definition) is 4. The van der Waals surface area contributed by atoms with E-state index in [1.807, 2.05) is 37.0 Å². The van der Waals surface area contributed by atoms with Crippen LogP contribution in [-0.4, -0.2) is 33.2 Å². The summed E-state index contributed by atoms with van der Waals surface area (Å²) in [5, 5.41) is 3.98. The fourth-order valence-corrected chi connectivity index (χ4v) is 1.78. The molecule has 2 rings (SSSR count). The van der Waals surface area contributed by atoms with E-state index in [0.29, 0.717) is 0 Å². The van der Waals surface area contributed by atoms with E-state index in [1.54, 1.807) is 0 Å². The van der Waals surface area contributed by atoms with Crippen molar-refractivity contribution < 1.29 is 4.52 Å². The minimum Gasteiger partial charge on any atom is -0.361 e. The lowest BCUT2D eigenvalue weighted by Crippen LogP contribution is -2.21. The van der Waals surface area contributed by atoms with Gasteiger partial charge in [0, 0.05) is 45.0 Å². The van der Waals surface area contributed by atoms with Gasteiger partial charge in [-0.2, -0.15) is 0 Å². The van der Waals surface area contributed by atoms with Gasteiger partial charge in [0.2, 0.25) is 0 Å². The van der Waals surface area contributed by atoms with E-state index in [0.717, 1.165) is 36.8 Å². The van der Waals surface area contributed by atoms with E-state index in [9.17, 15) is 0 Å². The van der Waals surface area contributed by atoms with Crippen molar-refractivity contribution in [1.82, 2.24) is 19.6 Å². The summed E-state index contributed by atoms with van der Waals surface area (Å²) in [6.07, 6.45) is 4.74. The molecule has 0 aromatic carbocycles. The lowest BCUT2D eigenvalue weighted by atomic mass is 10.3. The highest BCUT2D eigenvalue weighted by molar-refractivity contribution is 5.03. The van der Waals surface area contributed by atoms with Crippen molar-refractivity contribution in [2.75, 3.05) is 13.6 Å².